The Balaban J connectivity index is 1.47. The summed E-state index contributed by atoms with van der Waals surface area (Å²) in [4.78, 5) is 59.5. The maximum absolute atomic E-state index is 14.9. The van der Waals surface area contributed by atoms with Crippen molar-refractivity contribution in [3.63, 3.8) is 0 Å². The van der Waals surface area contributed by atoms with E-state index in [1.807, 2.05) is 43.3 Å². The van der Waals surface area contributed by atoms with Gasteiger partial charge in [0, 0.05) is 23.1 Å². The molecule has 248 valence electrons. The quantitative estimate of drug-likeness (QED) is 0.345. The van der Waals surface area contributed by atoms with Crippen molar-refractivity contribution < 1.29 is 38.5 Å². The number of amides is 3. The number of aliphatic hydroxyl groups excluding tert-OH is 1. The monoisotopic (exact) mass is 707 g/mol. The lowest BCUT2D eigenvalue weighted by Gasteiger charge is -2.38. The summed E-state index contributed by atoms with van der Waals surface area (Å²) in [6, 6.07) is 13.6. The number of benzene rings is 2. The minimum atomic E-state index is -1.47. The predicted molar refractivity (Wildman–Crippen MR) is 175 cm³/mol. The van der Waals surface area contributed by atoms with E-state index >= 15 is 0 Å². The molecule has 5 bridgehead atoms. The van der Waals surface area contributed by atoms with Crippen molar-refractivity contribution in [2.75, 3.05) is 31.8 Å². The minimum Gasteiger partial charge on any atom is -0.497 e. The van der Waals surface area contributed by atoms with E-state index in [9.17, 15) is 24.3 Å². The number of fused-ring (bicyclic) bond motifs is 2. The van der Waals surface area contributed by atoms with Gasteiger partial charge < -0.3 is 34.4 Å². The lowest BCUT2D eigenvalue weighted by molar-refractivity contribution is -0.146. The molecule has 6 rings (SSSR count). The number of rotatable bonds is 6. The number of allylic oxidation sites excluding steroid dienone is 1. The van der Waals surface area contributed by atoms with Crippen LogP contribution < -0.4 is 15.0 Å². The molecule has 0 aromatic heterocycles. The molecule has 11 nitrogen and oxygen atoms in total. The highest BCUT2D eigenvalue weighted by atomic mass is 79.9. The number of cyclic esters (lactones) is 1. The van der Waals surface area contributed by atoms with Crippen molar-refractivity contribution in [1.29, 1.82) is 0 Å². The van der Waals surface area contributed by atoms with Crippen molar-refractivity contribution in [2.45, 2.75) is 56.0 Å². The van der Waals surface area contributed by atoms with Crippen LogP contribution in [0.5, 0.6) is 5.75 Å². The second-order valence-electron chi connectivity index (χ2n) is 12.1. The lowest BCUT2D eigenvalue weighted by atomic mass is 9.74. The molecule has 7 atom stereocenters. The number of nitrogens with one attached hydrogen (secondary N) is 1. The van der Waals surface area contributed by atoms with Crippen LogP contribution in [0.1, 0.15) is 37.8 Å². The van der Waals surface area contributed by atoms with Crippen LogP contribution in [0, 0.1) is 11.8 Å². The number of nitrogens with zero attached hydrogens (tertiary/aromatic N) is 2. The van der Waals surface area contributed by atoms with Gasteiger partial charge in [0.2, 0.25) is 11.8 Å². The van der Waals surface area contributed by atoms with Gasteiger partial charge in [-0.25, -0.2) is 0 Å². The number of aliphatic hydroxyl groups is 1. The molecule has 4 aliphatic rings. The Hall–Kier alpha value is -4.00. The first-order chi connectivity index (χ1) is 22.7. The summed E-state index contributed by atoms with van der Waals surface area (Å²) < 4.78 is 18.1. The standard InChI is InChI=1S/C35H38BrN3O8/c1-3-22(19-40)39-31-34(44)38(23-13-15-24(45-2)16-14-23)17-9-5-8-12-27(41)46-20-26(21-10-6-4-7-11-21)37-32(42)28-29(33(39)43)35(31)18-25(36)30(28)47-35/h4-7,9-11,13-16,18,22,26,28-31,40H,3,8,12,17,19-20H2,1-2H3,(H,37,42)/b9-5-/t22-,26-,28-,29+,30-,31-,35+/m0/s1. The molecule has 47 heavy (non-hydrogen) atoms. The lowest BCUT2D eigenvalue weighted by Crippen LogP contribution is -2.58. The number of carbonyl (C=O) groups excluding carboxylic acids is 4. The number of anilines is 1. The molecule has 0 aliphatic carbocycles. The van der Waals surface area contributed by atoms with E-state index in [4.69, 9.17) is 14.2 Å². The maximum Gasteiger partial charge on any atom is 0.306 e. The van der Waals surface area contributed by atoms with E-state index in [0.717, 1.165) is 5.56 Å². The predicted octanol–water partition coefficient (Wildman–Crippen LogP) is 3.42. The van der Waals surface area contributed by atoms with Crippen LogP contribution in [0.4, 0.5) is 5.69 Å². The normalized spacial score (nSPS) is 30.8. The van der Waals surface area contributed by atoms with Crippen molar-refractivity contribution >= 4 is 45.3 Å². The smallest absolute Gasteiger partial charge is 0.306 e. The van der Waals surface area contributed by atoms with Crippen LogP contribution in [0.2, 0.25) is 0 Å². The fourth-order valence-corrected chi connectivity index (χ4v) is 7.93. The van der Waals surface area contributed by atoms with Crippen molar-refractivity contribution in [3.05, 3.63) is 82.9 Å². The molecule has 12 heteroatoms. The summed E-state index contributed by atoms with van der Waals surface area (Å²) in [6.45, 7) is 1.50. The van der Waals surface area contributed by atoms with Crippen molar-refractivity contribution in [2.24, 2.45) is 11.8 Å². The van der Waals surface area contributed by atoms with Crippen LogP contribution in [0.3, 0.4) is 0 Å². The summed E-state index contributed by atoms with van der Waals surface area (Å²) in [6.07, 6.45) is 5.41. The van der Waals surface area contributed by atoms with Crippen LogP contribution in [-0.4, -0.2) is 84.4 Å². The molecule has 2 aromatic rings. The molecule has 2 aromatic carbocycles. The van der Waals surface area contributed by atoms with Gasteiger partial charge in [-0.15, -0.1) is 0 Å². The van der Waals surface area contributed by atoms with Gasteiger partial charge >= 0.3 is 5.97 Å². The number of hydrogen-bond acceptors (Lipinski definition) is 8. The average molecular weight is 709 g/mol. The van der Waals surface area contributed by atoms with Crippen LogP contribution >= 0.6 is 15.9 Å². The van der Waals surface area contributed by atoms with Gasteiger partial charge in [-0.3, -0.25) is 19.2 Å². The molecule has 0 radical (unpaired) electrons. The van der Waals surface area contributed by atoms with Crippen molar-refractivity contribution in [3.8, 4) is 5.75 Å². The van der Waals surface area contributed by atoms with E-state index in [2.05, 4.69) is 21.2 Å². The second kappa shape index (κ2) is 13.6. The Morgan fingerprint density at radius 3 is 2.49 bits per heavy atom. The highest BCUT2D eigenvalue weighted by molar-refractivity contribution is 9.11. The summed E-state index contributed by atoms with van der Waals surface area (Å²) >= 11 is 3.59. The second-order valence-corrected chi connectivity index (χ2v) is 13.0. The number of methoxy groups -OCH3 is 1. The minimum absolute atomic E-state index is 0.0990. The van der Waals surface area contributed by atoms with Gasteiger partial charge in [0.15, 0.2) is 0 Å². The number of carbonyl (C=O) groups is 4. The number of hydrogen-bond donors (Lipinski definition) is 2. The zero-order valence-electron chi connectivity index (χ0n) is 26.2. The van der Waals surface area contributed by atoms with Gasteiger partial charge in [-0.2, -0.15) is 0 Å². The molecule has 4 heterocycles. The van der Waals surface area contributed by atoms with Crippen LogP contribution in [-0.2, 0) is 28.7 Å². The Kier molecular flexibility index (Phi) is 9.54. The Labute approximate surface area is 281 Å². The van der Waals surface area contributed by atoms with Gasteiger partial charge in [0.1, 0.15) is 30.1 Å². The summed E-state index contributed by atoms with van der Waals surface area (Å²) in [5.74, 6) is -3.17. The third-order valence-corrected chi connectivity index (χ3v) is 10.2. The number of ether oxygens (including phenoxy) is 3. The third-order valence-electron chi connectivity index (χ3n) is 9.53. The first-order valence-corrected chi connectivity index (χ1v) is 16.6. The molecule has 2 saturated heterocycles. The van der Waals surface area contributed by atoms with Gasteiger partial charge in [0.05, 0.1) is 37.6 Å². The topological polar surface area (TPSA) is 135 Å². The Morgan fingerprint density at radius 1 is 1.06 bits per heavy atom. The Bertz CT molecular complexity index is 1580. The first kappa shape index (κ1) is 32.9. The summed E-state index contributed by atoms with van der Waals surface area (Å²) in [7, 11) is 1.55. The Morgan fingerprint density at radius 2 is 1.81 bits per heavy atom. The van der Waals surface area contributed by atoms with E-state index in [-0.39, 0.29) is 26.2 Å². The van der Waals surface area contributed by atoms with Gasteiger partial charge in [-0.1, -0.05) is 65.3 Å². The van der Waals surface area contributed by atoms with Crippen LogP contribution in [0.15, 0.2) is 77.3 Å². The third kappa shape index (κ3) is 5.87. The van der Waals surface area contributed by atoms with Crippen LogP contribution in [0.25, 0.3) is 0 Å². The summed E-state index contributed by atoms with van der Waals surface area (Å²) in [5, 5.41) is 13.5. The van der Waals surface area contributed by atoms with E-state index in [0.29, 0.717) is 28.8 Å². The fourth-order valence-electron chi connectivity index (χ4n) is 7.20. The molecule has 2 fully saturated rings. The van der Waals surface area contributed by atoms with E-state index in [1.54, 1.807) is 48.4 Å². The van der Waals surface area contributed by atoms with Gasteiger partial charge in [0.25, 0.3) is 5.91 Å². The zero-order chi connectivity index (χ0) is 33.3. The van der Waals surface area contributed by atoms with E-state index < -0.39 is 65.4 Å². The molecule has 4 aliphatic heterocycles. The zero-order valence-corrected chi connectivity index (χ0v) is 27.8. The average Bonchev–Trinajstić information content (AvgIpc) is 3.68. The highest BCUT2D eigenvalue weighted by Gasteiger charge is 2.75. The summed E-state index contributed by atoms with van der Waals surface area (Å²) in [5.41, 5.74) is -0.189. The molecule has 1 spiro atoms. The van der Waals surface area contributed by atoms with E-state index in [1.165, 1.54) is 4.90 Å². The fraction of sp³-hybridized carbons (Fsp3) is 0.429. The molecule has 0 saturated carbocycles. The van der Waals surface area contributed by atoms with Gasteiger partial charge in [-0.05, 0) is 48.7 Å². The number of esters is 1. The largest absolute Gasteiger partial charge is 0.497 e. The van der Waals surface area contributed by atoms with Crippen molar-refractivity contribution in [1.82, 2.24) is 10.2 Å². The highest BCUT2D eigenvalue weighted by Crippen LogP contribution is 2.59. The molecule has 2 N–H and O–H groups in total. The molecule has 3 amide bonds. The number of halogens is 1. The SMILES string of the molecule is CC[C@@H](CO)N1C(=O)[C@H]2[C@@H]3C(=O)N[C@H](c4ccccc4)COC(=O)CC/C=C\CN(c4ccc(OC)cc4)C(=O)[C@H]1[C@@]21C=C(Br)[C@@H]3O1. The molecular weight excluding hydrogens is 670 g/mol. The number of likely N-dealkylation sites (tertiary alicyclic amines) is 1. The first-order valence-electron chi connectivity index (χ1n) is 15.8. The maximum atomic E-state index is 14.9. The molecular formula is C35H38BrN3O8. The molecule has 0 unspecified atom stereocenters.